The molecular weight excluding hydrogens is 380 g/mol. The molecule has 0 saturated heterocycles. The zero-order valence-corrected chi connectivity index (χ0v) is 16.6. The molecule has 2 aromatic carbocycles. The first-order chi connectivity index (χ1) is 13.2. The number of hydrogen-bond donors (Lipinski definition) is 1. The van der Waals surface area contributed by atoms with Gasteiger partial charge in [-0.05, 0) is 43.7 Å². The van der Waals surface area contributed by atoms with Gasteiger partial charge in [-0.1, -0.05) is 11.2 Å². The molecule has 1 N–H and O–H groups in total. The molecular formula is C20H18N2O5S. The minimum Gasteiger partial charge on any atom is -0.465 e. The van der Waals surface area contributed by atoms with Crippen molar-refractivity contribution in [3.05, 3.63) is 47.3 Å². The van der Waals surface area contributed by atoms with Gasteiger partial charge >= 0.3 is 5.97 Å². The number of sulfone groups is 1. The highest BCUT2D eigenvalue weighted by Crippen LogP contribution is 2.37. The first-order valence-corrected chi connectivity index (χ1v) is 10.4. The molecule has 2 aromatic heterocycles. The third kappa shape index (κ3) is 2.68. The zero-order valence-electron chi connectivity index (χ0n) is 15.8. The molecule has 0 bridgehead atoms. The van der Waals surface area contributed by atoms with Crippen LogP contribution >= 0.6 is 0 Å². The lowest BCUT2D eigenvalue weighted by Gasteiger charge is -2.07. The molecule has 0 aliphatic heterocycles. The van der Waals surface area contributed by atoms with Crippen LogP contribution in [-0.2, 0) is 14.6 Å². The summed E-state index contributed by atoms with van der Waals surface area (Å²) in [5.74, 6) is 0.0851. The van der Waals surface area contributed by atoms with E-state index in [-0.39, 0.29) is 4.90 Å². The van der Waals surface area contributed by atoms with Gasteiger partial charge in [-0.3, -0.25) is 0 Å². The van der Waals surface area contributed by atoms with Gasteiger partial charge in [0.1, 0.15) is 5.76 Å². The van der Waals surface area contributed by atoms with Crippen molar-refractivity contribution < 1.29 is 22.5 Å². The lowest BCUT2D eigenvalue weighted by molar-refractivity contribution is 0.0603. The van der Waals surface area contributed by atoms with Gasteiger partial charge in [0.05, 0.1) is 28.8 Å². The number of hydrogen-bond acceptors (Lipinski definition) is 6. The van der Waals surface area contributed by atoms with Crippen molar-refractivity contribution in [2.45, 2.75) is 18.7 Å². The fraction of sp³-hybridized carbons (Fsp3) is 0.200. The van der Waals surface area contributed by atoms with Crippen LogP contribution in [0.3, 0.4) is 0 Å². The van der Waals surface area contributed by atoms with Crippen LogP contribution < -0.4 is 0 Å². The van der Waals surface area contributed by atoms with Gasteiger partial charge in [-0.15, -0.1) is 0 Å². The Hall–Kier alpha value is -3.13. The molecule has 0 aliphatic rings. The van der Waals surface area contributed by atoms with Crippen LogP contribution in [0.2, 0.25) is 0 Å². The van der Waals surface area contributed by atoms with E-state index < -0.39 is 15.8 Å². The van der Waals surface area contributed by atoms with Crippen LogP contribution in [0.15, 0.2) is 39.8 Å². The SMILES string of the molecule is COC(=O)c1cc(-c2c(C)noc2C)cc2c1[nH]c1cccc(S(C)(=O)=O)c12. The van der Waals surface area contributed by atoms with E-state index in [2.05, 4.69) is 10.1 Å². The smallest absolute Gasteiger partial charge is 0.340 e. The van der Waals surface area contributed by atoms with E-state index in [9.17, 15) is 13.2 Å². The van der Waals surface area contributed by atoms with Crippen LogP contribution in [0.25, 0.3) is 32.9 Å². The zero-order chi connectivity index (χ0) is 20.2. The van der Waals surface area contributed by atoms with Crippen LogP contribution in [-0.4, -0.2) is 37.9 Å². The van der Waals surface area contributed by atoms with Crippen molar-refractivity contribution in [2.75, 3.05) is 13.4 Å². The molecule has 144 valence electrons. The Balaban J connectivity index is 2.21. The second-order valence-corrected chi connectivity index (χ2v) is 8.70. The van der Waals surface area contributed by atoms with Gasteiger partial charge in [0.25, 0.3) is 0 Å². The number of carbonyl (C=O) groups is 1. The van der Waals surface area contributed by atoms with E-state index in [0.29, 0.717) is 44.4 Å². The maximum Gasteiger partial charge on any atom is 0.340 e. The molecule has 0 spiro atoms. The lowest BCUT2D eigenvalue weighted by Crippen LogP contribution is -2.03. The maximum absolute atomic E-state index is 12.5. The number of fused-ring (bicyclic) bond motifs is 3. The average molecular weight is 398 g/mol. The Morgan fingerprint density at radius 2 is 1.96 bits per heavy atom. The first-order valence-electron chi connectivity index (χ1n) is 8.52. The molecule has 4 rings (SSSR count). The number of carbonyl (C=O) groups excluding carboxylic acids is 1. The van der Waals surface area contributed by atoms with Crippen molar-refractivity contribution in [1.29, 1.82) is 0 Å². The van der Waals surface area contributed by atoms with E-state index >= 15 is 0 Å². The number of methoxy groups -OCH3 is 1. The normalized spacial score (nSPS) is 12.0. The second kappa shape index (κ2) is 6.20. The van der Waals surface area contributed by atoms with Crippen LogP contribution in [0.4, 0.5) is 0 Å². The number of ether oxygens (including phenoxy) is 1. The molecule has 0 aliphatic carbocycles. The molecule has 28 heavy (non-hydrogen) atoms. The van der Waals surface area contributed by atoms with E-state index in [1.807, 2.05) is 13.0 Å². The van der Waals surface area contributed by atoms with Crippen molar-refractivity contribution in [3.63, 3.8) is 0 Å². The minimum atomic E-state index is -3.48. The summed E-state index contributed by atoms with van der Waals surface area (Å²) < 4.78 is 34.9. The number of rotatable bonds is 3. The first kappa shape index (κ1) is 18.2. The highest BCUT2D eigenvalue weighted by molar-refractivity contribution is 7.91. The topological polar surface area (TPSA) is 102 Å². The summed E-state index contributed by atoms with van der Waals surface area (Å²) in [7, 11) is -2.17. The number of aromatic amines is 1. The number of H-pyrrole nitrogens is 1. The van der Waals surface area contributed by atoms with E-state index in [1.165, 1.54) is 13.4 Å². The second-order valence-electron chi connectivity index (χ2n) is 6.71. The predicted octanol–water partition coefficient (Wildman–Crippen LogP) is 3.78. The van der Waals surface area contributed by atoms with Crippen LogP contribution in [0.5, 0.6) is 0 Å². The Bertz CT molecular complexity index is 1340. The number of esters is 1. The van der Waals surface area contributed by atoms with E-state index in [0.717, 1.165) is 5.56 Å². The third-order valence-electron chi connectivity index (χ3n) is 4.82. The van der Waals surface area contributed by atoms with Crippen LogP contribution in [0, 0.1) is 13.8 Å². The molecule has 0 radical (unpaired) electrons. The molecule has 0 saturated carbocycles. The molecule has 0 fully saturated rings. The molecule has 0 amide bonds. The number of aromatic nitrogens is 2. The lowest BCUT2D eigenvalue weighted by atomic mass is 9.98. The largest absolute Gasteiger partial charge is 0.465 e. The number of aryl methyl sites for hydroxylation is 2. The summed E-state index contributed by atoms with van der Waals surface area (Å²) in [6.07, 6.45) is 1.17. The van der Waals surface area contributed by atoms with Crippen molar-refractivity contribution in [3.8, 4) is 11.1 Å². The van der Waals surface area contributed by atoms with Gasteiger partial charge in [-0.25, -0.2) is 13.2 Å². The minimum absolute atomic E-state index is 0.197. The van der Waals surface area contributed by atoms with Crippen molar-refractivity contribution in [1.82, 2.24) is 10.1 Å². The molecule has 7 nitrogen and oxygen atoms in total. The van der Waals surface area contributed by atoms with Crippen molar-refractivity contribution >= 4 is 37.6 Å². The summed E-state index contributed by atoms with van der Waals surface area (Å²) in [6, 6.07) is 8.56. The molecule has 0 atom stereocenters. The van der Waals surface area contributed by atoms with Gasteiger partial charge in [0, 0.05) is 28.1 Å². The standard InChI is InChI=1S/C20H18N2O5S/c1-10-17(11(2)27-22-10)12-8-13-18-15(6-5-7-16(18)28(4,24)25)21-19(13)14(9-12)20(23)26-3/h5-9,21H,1-4H3. The summed E-state index contributed by atoms with van der Waals surface area (Å²) in [5, 5.41) is 5.14. The summed E-state index contributed by atoms with van der Waals surface area (Å²) in [5.41, 5.74) is 3.60. The van der Waals surface area contributed by atoms with Crippen LogP contribution in [0.1, 0.15) is 21.8 Å². The molecule has 2 heterocycles. The maximum atomic E-state index is 12.5. The monoisotopic (exact) mass is 398 g/mol. The molecule has 0 unspecified atom stereocenters. The number of nitrogens with zero attached hydrogens (tertiary/aromatic N) is 1. The Kier molecular flexibility index (Phi) is 4.04. The summed E-state index contributed by atoms with van der Waals surface area (Å²) >= 11 is 0. The van der Waals surface area contributed by atoms with Gasteiger partial charge in [-0.2, -0.15) is 0 Å². The summed E-state index contributed by atoms with van der Waals surface area (Å²) in [6.45, 7) is 3.60. The Morgan fingerprint density at radius 3 is 2.57 bits per heavy atom. The fourth-order valence-electron chi connectivity index (χ4n) is 3.64. The fourth-order valence-corrected chi connectivity index (χ4v) is 4.56. The molecule has 8 heteroatoms. The van der Waals surface area contributed by atoms with Gasteiger partial charge in [0.15, 0.2) is 9.84 Å². The van der Waals surface area contributed by atoms with E-state index in [1.54, 1.807) is 31.2 Å². The van der Waals surface area contributed by atoms with Crippen molar-refractivity contribution in [2.24, 2.45) is 0 Å². The Labute approximate surface area is 161 Å². The van der Waals surface area contributed by atoms with E-state index in [4.69, 9.17) is 9.26 Å². The number of nitrogens with one attached hydrogen (secondary N) is 1. The predicted molar refractivity (Wildman–Crippen MR) is 105 cm³/mol. The summed E-state index contributed by atoms with van der Waals surface area (Å²) in [4.78, 5) is 15.8. The third-order valence-corrected chi connectivity index (χ3v) is 5.96. The molecule has 4 aromatic rings. The van der Waals surface area contributed by atoms with Gasteiger partial charge in [0.2, 0.25) is 0 Å². The average Bonchev–Trinajstić information content (AvgIpc) is 3.18. The highest BCUT2D eigenvalue weighted by Gasteiger charge is 2.23. The highest BCUT2D eigenvalue weighted by atomic mass is 32.2. The Morgan fingerprint density at radius 1 is 1.21 bits per heavy atom. The number of benzene rings is 2. The van der Waals surface area contributed by atoms with Gasteiger partial charge < -0.3 is 14.2 Å². The quantitative estimate of drug-likeness (QED) is 0.527.